The molecule has 0 bridgehead atoms. The molecule has 170 valence electrons. The SMILES string of the molecule is CC(=O)C(CCCCCCCCCCCCCCC(=O)C(O)C(O)CO)C(C)=O. The molecule has 0 aliphatic carbocycles. The van der Waals surface area contributed by atoms with Gasteiger partial charge in [0.05, 0.1) is 12.5 Å². The minimum absolute atomic E-state index is 0.0119. The monoisotopic (exact) mass is 414 g/mol. The van der Waals surface area contributed by atoms with Crippen LogP contribution in [0.4, 0.5) is 0 Å². The largest absolute Gasteiger partial charge is 0.394 e. The van der Waals surface area contributed by atoms with Gasteiger partial charge >= 0.3 is 0 Å². The zero-order valence-corrected chi connectivity index (χ0v) is 18.4. The van der Waals surface area contributed by atoms with E-state index >= 15 is 0 Å². The Morgan fingerprint density at radius 3 is 1.41 bits per heavy atom. The molecule has 0 rings (SSSR count). The van der Waals surface area contributed by atoms with Crippen LogP contribution in [0.5, 0.6) is 0 Å². The van der Waals surface area contributed by atoms with Crippen LogP contribution in [-0.2, 0) is 14.4 Å². The number of Topliss-reactive ketones (excluding diaryl/α,β-unsaturated/α-hetero) is 3. The first-order chi connectivity index (χ1) is 13.8. The molecule has 29 heavy (non-hydrogen) atoms. The molecule has 0 saturated heterocycles. The summed E-state index contributed by atoms with van der Waals surface area (Å²) in [6.07, 6.45) is 11.2. The minimum Gasteiger partial charge on any atom is -0.394 e. The number of hydrogen-bond donors (Lipinski definition) is 3. The van der Waals surface area contributed by atoms with Gasteiger partial charge in [-0.25, -0.2) is 0 Å². The first kappa shape index (κ1) is 27.9. The molecule has 0 aromatic rings. The Balaban J connectivity index is 3.41. The fourth-order valence-electron chi connectivity index (χ4n) is 3.57. The Labute approximate surface area is 176 Å². The van der Waals surface area contributed by atoms with E-state index in [1.54, 1.807) is 0 Å². The third kappa shape index (κ3) is 14.5. The van der Waals surface area contributed by atoms with Crippen molar-refractivity contribution < 1.29 is 29.7 Å². The predicted octanol–water partition coefficient (Wildman–Crippen LogP) is 3.53. The quantitative estimate of drug-likeness (QED) is 0.208. The van der Waals surface area contributed by atoms with E-state index in [4.69, 9.17) is 5.11 Å². The Kier molecular flexibility index (Phi) is 17.0. The smallest absolute Gasteiger partial charge is 0.164 e. The van der Waals surface area contributed by atoms with Crippen molar-refractivity contribution >= 4 is 17.3 Å². The van der Waals surface area contributed by atoms with Crippen molar-refractivity contribution in [1.29, 1.82) is 0 Å². The van der Waals surface area contributed by atoms with Crippen LogP contribution in [0.25, 0.3) is 0 Å². The van der Waals surface area contributed by atoms with Crippen molar-refractivity contribution in [3.05, 3.63) is 0 Å². The Morgan fingerprint density at radius 1 is 0.655 bits per heavy atom. The molecule has 0 aliphatic rings. The molecule has 6 heteroatoms. The van der Waals surface area contributed by atoms with E-state index in [1.807, 2.05) is 0 Å². The third-order valence-electron chi connectivity index (χ3n) is 5.53. The summed E-state index contributed by atoms with van der Waals surface area (Å²) < 4.78 is 0. The molecule has 0 heterocycles. The number of unbranched alkanes of at least 4 members (excludes halogenated alkanes) is 11. The number of carbonyl (C=O) groups is 3. The molecule has 0 aliphatic heterocycles. The van der Waals surface area contributed by atoms with Gasteiger partial charge in [-0.2, -0.15) is 0 Å². The second-order valence-electron chi connectivity index (χ2n) is 8.22. The van der Waals surface area contributed by atoms with E-state index in [0.29, 0.717) is 12.8 Å². The average Bonchev–Trinajstić information content (AvgIpc) is 2.68. The molecule has 3 N–H and O–H groups in total. The summed E-state index contributed by atoms with van der Waals surface area (Å²) in [5.41, 5.74) is 0. The Morgan fingerprint density at radius 2 is 1.03 bits per heavy atom. The van der Waals surface area contributed by atoms with E-state index in [1.165, 1.54) is 46.0 Å². The molecule has 0 amide bonds. The maximum atomic E-state index is 11.6. The summed E-state index contributed by atoms with van der Waals surface area (Å²) in [5.74, 6) is -0.820. The minimum atomic E-state index is -1.47. The van der Waals surface area contributed by atoms with Gasteiger partial charge in [0.2, 0.25) is 0 Å². The highest BCUT2D eigenvalue weighted by Gasteiger charge is 2.22. The van der Waals surface area contributed by atoms with E-state index < -0.39 is 30.5 Å². The molecule has 0 aromatic heterocycles. The van der Waals surface area contributed by atoms with Crippen LogP contribution in [0.3, 0.4) is 0 Å². The number of aliphatic hydroxyl groups excluding tert-OH is 3. The lowest BCUT2D eigenvalue weighted by Crippen LogP contribution is -2.36. The standard InChI is InChI=1S/C23H42O6/c1-18(25)20(19(2)26)15-13-11-9-7-5-3-4-6-8-10-12-14-16-21(27)23(29)22(28)17-24/h20,22-24,28-29H,3-17H2,1-2H3. The van der Waals surface area contributed by atoms with Crippen LogP contribution < -0.4 is 0 Å². The number of carbonyl (C=O) groups excluding carboxylic acids is 3. The van der Waals surface area contributed by atoms with Gasteiger partial charge in [-0.3, -0.25) is 14.4 Å². The second kappa shape index (κ2) is 17.7. The number of rotatable bonds is 20. The number of ketones is 3. The number of aliphatic hydroxyl groups is 3. The molecule has 2 atom stereocenters. The lowest BCUT2D eigenvalue weighted by atomic mass is 9.93. The molecule has 0 saturated carbocycles. The van der Waals surface area contributed by atoms with Crippen LogP contribution in [-0.4, -0.2) is 51.5 Å². The lowest BCUT2D eigenvalue weighted by Gasteiger charge is -2.13. The molecule has 0 radical (unpaired) electrons. The zero-order chi connectivity index (χ0) is 22.1. The first-order valence-corrected chi connectivity index (χ1v) is 11.3. The maximum Gasteiger partial charge on any atom is 0.164 e. The Bertz CT molecular complexity index is 448. The first-order valence-electron chi connectivity index (χ1n) is 11.3. The highest BCUT2D eigenvalue weighted by atomic mass is 16.4. The summed E-state index contributed by atoms with van der Waals surface area (Å²) in [4.78, 5) is 34.3. The second-order valence-corrected chi connectivity index (χ2v) is 8.22. The van der Waals surface area contributed by atoms with E-state index in [0.717, 1.165) is 38.5 Å². The summed E-state index contributed by atoms with van der Waals surface area (Å²) in [6, 6.07) is 0. The number of hydrogen-bond acceptors (Lipinski definition) is 6. The van der Waals surface area contributed by atoms with Crippen LogP contribution in [0.2, 0.25) is 0 Å². The van der Waals surface area contributed by atoms with Gasteiger partial charge in [0.1, 0.15) is 23.8 Å². The molecule has 0 fully saturated rings. The molecule has 0 aromatic carbocycles. The van der Waals surface area contributed by atoms with Crippen molar-refractivity contribution in [2.24, 2.45) is 5.92 Å². The van der Waals surface area contributed by atoms with Gasteiger partial charge in [-0.15, -0.1) is 0 Å². The van der Waals surface area contributed by atoms with Crippen molar-refractivity contribution in [3.63, 3.8) is 0 Å². The maximum absolute atomic E-state index is 11.6. The third-order valence-corrected chi connectivity index (χ3v) is 5.53. The van der Waals surface area contributed by atoms with Crippen molar-refractivity contribution in [3.8, 4) is 0 Å². The molecular formula is C23H42O6. The van der Waals surface area contributed by atoms with Gasteiger partial charge in [-0.05, 0) is 26.7 Å². The van der Waals surface area contributed by atoms with E-state index in [2.05, 4.69) is 0 Å². The van der Waals surface area contributed by atoms with Crippen LogP contribution in [0.1, 0.15) is 104 Å². The topological polar surface area (TPSA) is 112 Å². The van der Waals surface area contributed by atoms with Crippen LogP contribution in [0, 0.1) is 5.92 Å². The predicted molar refractivity (Wildman–Crippen MR) is 114 cm³/mol. The summed E-state index contributed by atoms with van der Waals surface area (Å²) >= 11 is 0. The molecule has 6 nitrogen and oxygen atoms in total. The van der Waals surface area contributed by atoms with Crippen molar-refractivity contribution in [2.75, 3.05) is 6.61 Å². The lowest BCUT2D eigenvalue weighted by molar-refractivity contribution is -0.134. The van der Waals surface area contributed by atoms with E-state index in [-0.39, 0.29) is 18.0 Å². The molecule has 2 unspecified atom stereocenters. The zero-order valence-electron chi connectivity index (χ0n) is 18.4. The normalized spacial score (nSPS) is 13.4. The Hall–Kier alpha value is -1.11. The van der Waals surface area contributed by atoms with Gasteiger partial charge in [-0.1, -0.05) is 70.6 Å². The van der Waals surface area contributed by atoms with Crippen molar-refractivity contribution in [2.45, 2.75) is 116 Å². The summed E-state index contributed by atoms with van der Waals surface area (Å²) in [5, 5.41) is 27.4. The molecular weight excluding hydrogens is 372 g/mol. The fraction of sp³-hybridized carbons (Fsp3) is 0.870. The fourth-order valence-corrected chi connectivity index (χ4v) is 3.57. The molecule has 0 spiro atoms. The van der Waals surface area contributed by atoms with E-state index in [9.17, 15) is 24.6 Å². The van der Waals surface area contributed by atoms with Gasteiger partial charge in [0.15, 0.2) is 5.78 Å². The van der Waals surface area contributed by atoms with Crippen molar-refractivity contribution in [1.82, 2.24) is 0 Å². The average molecular weight is 415 g/mol. The summed E-state index contributed by atoms with van der Waals surface area (Å²) in [6.45, 7) is 2.40. The highest BCUT2D eigenvalue weighted by Crippen LogP contribution is 2.16. The summed E-state index contributed by atoms with van der Waals surface area (Å²) in [7, 11) is 0. The van der Waals surface area contributed by atoms with Crippen LogP contribution in [0.15, 0.2) is 0 Å². The highest BCUT2D eigenvalue weighted by molar-refractivity contribution is 6.00. The van der Waals surface area contributed by atoms with Crippen LogP contribution >= 0.6 is 0 Å². The van der Waals surface area contributed by atoms with Gasteiger partial charge in [0, 0.05) is 6.42 Å². The van der Waals surface area contributed by atoms with Gasteiger partial charge in [0.25, 0.3) is 0 Å². The van der Waals surface area contributed by atoms with Gasteiger partial charge < -0.3 is 15.3 Å².